The molecule has 2 saturated heterocycles. The van der Waals surface area contributed by atoms with Gasteiger partial charge in [0.25, 0.3) is 5.24 Å². The quantitative estimate of drug-likeness (QED) is 0.655. The second-order valence-electron chi connectivity index (χ2n) is 7.61. The number of allylic oxidation sites excluding steroid dienone is 3. The maximum atomic E-state index is 12.7. The molecule has 9 heteroatoms. The zero-order chi connectivity index (χ0) is 22.4. The van der Waals surface area contributed by atoms with Gasteiger partial charge in [0.2, 0.25) is 15.9 Å². The van der Waals surface area contributed by atoms with Gasteiger partial charge in [-0.3, -0.25) is 9.59 Å². The molecule has 7 nitrogen and oxygen atoms in total. The van der Waals surface area contributed by atoms with Crippen molar-refractivity contribution in [1.82, 2.24) is 9.21 Å². The minimum atomic E-state index is -3.50. The average Bonchev–Trinajstić information content (AvgIpc) is 3.02. The topological polar surface area (TPSA) is 86.8 Å². The lowest BCUT2D eigenvalue weighted by Crippen LogP contribution is -2.37. The van der Waals surface area contributed by atoms with Crippen LogP contribution in [0.2, 0.25) is 0 Å². The largest absolute Gasteiger partial charge is 0.325 e. The van der Waals surface area contributed by atoms with Crippen LogP contribution in [0.3, 0.4) is 0 Å². The number of nitrogens with one attached hydrogen (secondary N) is 1. The first-order valence-corrected chi connectivity index (χ1v) is 12.8. The van der Waals surface area contributed by atoms with Crippen LogP contribution in [0, 0.1) is 0 Å². The normalized spacial score (nSPS) is 21.9. The highest BCUT2D eigenvalue weighted by Gasteiger charge is 2.34. The molecule has 2 aliphatic rings. The van der Waals surface area contributed by atoms with Crippen LogP contribution in [0.4, 0.5) is 10.5 Å². The molecular formula is C22H29N3O4S2. The monoisotopic (exact) mass is 463 g/mol. The van der Waals surface area contributed by atoms with Crippen LogP contribution in [0.1, 0.15) is 39.5 Å². The molecule has 2 aliphatic heterocycles. The van der Waals surface area contributed by atoms with Crippen molar-refractivity contribution in [3.05, 3.63) is 47.4 Å². The predicted octanol–water partition coefficient (Wildman–Crippen LogP) is 4.21. The van der Waals surface area contributed by atoms with Crippen molar-refractivity contribution in [3.63, 3.8) is 0 Å². The van der Waals surface area contributed by atoms with E-state index in [1.165, 1.54) is 21.3 Å². The molecule has 2 heterocycles. The summed E-state index contributed by atoms with van der Waals surface area (Å²) >= 11 is 1.14. The summed E-state index contributed by atoms with van der Waals surface area (Å²) < 4.78 is 27.0. The number of rotatable bonds is 7. The van der Waals surface area contributed by atoms with Crippen LogP contribution < -0.4 is 5.32 Å². The summed E-state index contributed by atoms with van der Waals surface area (Å²) in [5, 5.41) is 2.60. The Morgan fingerprint density at radius 2 is 1.87 bits per heavy atom. The summed E-state index contributed by atoms with van der Waals surface area (Å²) in [5.41, 5.74) is 0.496. The summed E-state index contributed by atoms with van der Waals surface area (Å²) in [7, 11) is -3.50. The van der Waals surface area contributed by atoms with Gasteiger partial charge in [-0.25, -0.2) is 8.42 Å². The fraction of sp³-hybridized carbons (Fsp3) is 0.455. The molecule has 0 aromatic heterocycles. The Balaban J connectivity index is 1.60. The number of sulfonamides is 1. The minimum absolute atomic E-state index is 0.0599. The fourth-order valence-corrected chi connectivity index (χ4v) is 6.05. The Hall–Kier alpha value is -2.10. The number of carbonyl (C=O) groups is 2. The molecule has 2 amide bonds. The molecule has 1 unspecified atom stereocenters. The molecule has 1 aromatic carbocycles. The Morgan fingerprint density at radius 3 is 2.52 bits per heavy atom. The maximum absolute atomic E-state index is 12.7. The van der Waals surface area contributed by atoms with Gasteiger partial charge in [-0.15, -0.1) is 0 Å². The van der Waals surface area contributed by atoms with Crippen LogP contribution in [-0.2, 0) is 14.8 Å². The van der Waals surface area contributed by atoms with E-state index in [-0.39, 0.29) is 28.6 Å². The highest BCUT2D eigenvalue weighted by Crippen LogP contribution is 2.34. The molecule has 168 valence electrons. The number of benzene rings is 1. The number of piperidine rings is 1. The van der Waals surface area contributed by atoms with Gasteiger partial charge in [0, 0.05) is 23.7 Å². The lowest BCUT2D eigenvalue weighted by atomic mass is 10.2. The lowest BCUT2D eigenvalue weighted by Gasteiger charge is -2.25. The van der Waals surface area contributed by atoms with E-state index in [4.69, 9.17) is 0 Å². The van der Waals surface area contributed by atoms with E-state index in [1.807, 2.05) is 32.1 Å². The summed E-state index contributed by atoms with van der Waals surface area (Å²) in [6.45, 7) is 4.97. The molecule has 0 spiro atoms. The Kier molecular flexibility index (Phi) is 7.96. The fourth-order valence-electron chi connectivity index (χ4n) is 3.55. The van der Waals surface area contributed by atoms with Crippen molar-refractivity contribution in [2.45, 2.75) is 50.5 Å². The minimum Gasteiger partial charge on any atom is -0.325 e. The second kappa shape index (κ2) is 10.5. The van der Waals surface area contributed by atoms with E-state index < -0.39 is 10.0 Å². The van der Waals surface area contributed by atoms with Gasteiger partial charge in [0.05, 0.1) is 10.9 Å². The Labute approximate surface area is 188 Å². The lowest BCUT2D eigenvalue weighted by molar-refractivity contribution is -0.116. The molecule has 1 N–H and O–H groups in total. The van der Waals surface area contributed by atoms with Crippen LogP contribution in [0.5, 0.6) is 0 Å². The third-order valence-electron chi connectivity index (χ3n) is 5.36. The number of hydrogen-bond acceptors (Lipinski definition) is 5. The van der Waals surface area contributed by atoms with Crippen molar-refractivity contribution in [3.8, 4) is 0 Å². The van der Waals surface area contributed by atoms with Gasteiger partial charge in [-0.1, -0.05) is 31.6 Å². The van der Waals surface area contributed by atoms with Gasteiger partial charge in [-0.2, -0.15) is 4.31 Å². The van der Waals surface area contributed by atoms with Gasteiger partial charge in [0.1, 0.15) is 6.54 Å². The predicted molar refractivity (Wildman–Crippen MR) is 124 cm³/mol. The Morgan fingerprint density at radius 1 is 1.19 bits per heavy atom. The first kappa shape index (κ1) is 23.6. The van der Waals surface area contributed by atoms with Gasteiger partial charge < -0.3 is 10.2 Å². The van der Waals surface area contributed by atoms with Crippen molar-refractivity contribution in [2.75, 3.05) is 25.0 Å². The second-order valence-corrected chi connectivity index (χ2v) is 10.6. The zero-order valence-corrected chi connectivity index (χ0v) is 19.5. The standard InChI is InChI=1S/C22H29N3O4S2/c1-3-4-6-9-20-17(2)25(22(27)30-20)16-21(26)23-18-10-12-19(13-11-18)31(28,29)24-14-7-5-8-15-24/h4,6,9-13,17H,3,5,7-8,14-16H2,1-2H3,(H,23,26)/b6-4-,20-9+. The van der Waals surface area contributed by atoms with E-state index in [9.17, 15) is 18.0 Å². The highest BCUT2D eigenvalue weighted by atomic mass is 32.2. The maximum Gasteiger partial charge on any atom is 0.287 e. The van der Waals surface area contributed by atoms with Crippen LogP contribution in [0.25, 0.3) is 0 Å². The van der Waals surface area contributed by atoms with E-state index in [1.54, 1.807) is 12.1 Å². The average molecular weight is 464 g/mol. The molecule has 0 aliphatic carbocycles. The molecular weight excluding hydrogens is 434 g/mol. The first-order chi connectivity index (χ1) is 14.8. The van der Waals surface area contributed by atoms with E-state index in [0.29, 0.717) is 18.8 Å². The smallest absolute Gasteiger partial charge is 0.287 e. The van der Waals surface area contributed by atoms with Gasteiger partial charge in [0.15, 0.2) is 0 Å². The first-order valence-electron chi connectivity index (χ1n) is 10.6. The molecule has 0 radical (unpaired) electrons. The highest BCUT2D eigenvalue weighted by molar-refractivity contribution is 8.17. The van der Waals surface area contributed by atoms with Crippen LogP contribution >= 0.6 is 11.8 Å². The van der Waals surface area contributed by atoms with Gasteiger partial charge in [-0.05, 0) is 62.2 Å². The molecule has 0 bridgehead atoms. The molecule has 31 heavy (non-hydrogen) atoms. The zero-order valence-electron chi connectivity index (χ0n) is 17.9. The number of nitrogens with zero attached hydrogens (tertiary/aromatic N) is 2. The van der Waals surface area contributed by atoms with Crippen molar-refractivity contribution >= 4 is 38.6 Å². The summed E-state index contributed by atoms with van der Waals surface area (Å²) in [4.78, 5) is 27.4. The van der Waals surface area contributed by atoms with Crippen molar-refractivity contribution in [1.29, 1.82) is 0 Å². The summed E-state index contributed by atoms with van der Waals surface area (Å²) in [6.07, 6.45) is 9.58. The van der Waals surface area contributed by atoms with E-state index in [0.717, 1.165) is 42.4 Å². The van der Waals surface area contributed by atoms with Gasteiger partial charge >= 0.3 is 0 Å². The molecule has 3 rings (SSSR count). The third kappa shape index (κ3) is 5.78. The number of hydrogen-bond donors (Lipinski definition) is 1. The molecule has 0 saturated carbocycles. The third-order valence-corrected chi connectivity index (χ3v) is 8.39. The van der Waals surface area contributed by atoms with Crippen LogP contribution in [-0.4, -0.2) is 54.4 Å². The molecule has 2 fully saturated rings. The number of anilines is 1. The summed E-state index contributed by atoms with van der Waals surface area (Å²) in [5.74, 6) is -0.321. The van der Waals surface area contributed by atoms with E-state index in [2.05, 4.69) is 5.32 Å². The SMILES string of the molecule is CC/C=C\C=C1\SC(=O)N(CC(=O)Nc2ccc(S(=O)(=O)N3CCCCC3)cc2)C1C. The number of carbonyl (C=O) groups excluding carboxylic acids is 2. The van der Waals surface area contributed by atoms with E-state index >= 15 is 0 Å². The van der Waals surface area contributed by atoms with Crippen LogP contribution in [0.15, 0.2) is 52.3 Å². The van der Waals surface area contributed by atoms with Crippen molar-refractivity contribution < 1.29 is 18.0 Å². The Bertz CT molecular complexity index is 965. The summed E-state index contributed by atoms with van der Waals surface area (Å²) in [6, 6.07) is 6.03. The molecule has 1 atom stereocenters. The molecule has 1 aromatic rings. The number of amides is 2. The van der Waals surface area contributed by atoms with Crippen molar-refractivity contribution in [2.24, 2.45) is 0 Å². The number of thioether (sulfide) groups is 1.